The van der Waals surface area contributed by atoms with Crippen molar-refractivity contribution < 1.29 is 13.2 Å². The Labute approximate surface area is 160 Å². The molecule has 0 aromatic heterocycles. The number of halogens is 4. The number of likely N-dealkylation sites (tertiary alicyclic amines) is 1. The zero-order valence-electron chi connectivity index (χ0n) is 14.9. The quantitative estimate of drug-likeness (QED) is 0.328. The molecule has 0 radical (unpaired) electrons. The molecule has 0 saturated carbocycles. The molecule has 8 heteroatoms. The van der Waals surface area contributed by atoms with Crippen LogP contribution in [-0.4, -0.2) is 49.3 Å². The lowest BCUT2D eigenvalue weighted by atomic mass is 10.0. The summed E-state index contributed by atoms with van der Waals surface area (Å²) in [5.41, 5.74) is 5.87. The van der Waals surface area contributed by atoms with Crippen molar-refractivity contribution in [3.8, 4) is 0 Å². The number of guanidine groups is 1. The van der Waals surface area contributed by atoms with Gasteiger partial charge in [0.2, 0.25) is 0 Å². The molecule has 1 heterocycles. The average Bonchev–Trinajstić information content (AvgIpc) is 2.81. The largest absolute Gasteiger partial charge is 0.401 e. The number of nitrogens with zero attached hydrogens (tertiary/aromatic N) is 2. The monoisotopic (exact) mass is 464 g/mol. The normalized spacial score (nSPS) is 21.0. The van der Waals surface area contributed by atoms with E-state index in [9.17, 15) is 13.2 Å². The number of hydrogen-bond donors (Lipinski definition) is 2. The van der Waals surface area contributed by atoms with Crippen molar-refractivity contribution in [3.63, 3.8) is 0 Å². The van der Waals surface area contributed by atoms with Gasteiger partial charge in [0, 0.05) is 19.1 Å². The summed E-state index contributed by atoms with van der Waals surface area (Å²) < 4.78 is 37.0. The summed E-state index contributed by atoms with van der Waals surface area (Å²) in [5, 5.41) is 3.16. The molecule has 24 heavy (non-hydrogen) atoms. The fraction of sp³-hybridized carbons (Fsp3) is 0.938. The highest BCUT2D eigenvalue weighted by atomic mass is 127. The third-order valence-corrected chi connectivity index (χ3v) is 4.11. The van der Waals surface area contributed by atoms with Crippen LogP contribution >= 0.6 is 24.0 Å². The fourth-order valence-electron chi connectivity index (χ4n) is 2.89. The van der Waals surface area contributed by atoms with Crippen molar-refractivity contribution in [3.05, 3.63) is 0 Å². The summed E-state index contributed by atoms with van der Waals surface area (Å²) in [4.78, 5) is 5.74. The molecule has 2 unspecified atom stereocenters. The second-order valence-electron chi connectivity index (χ2n) is 7.10. The Kier molecular flexibility index (Phi) is 11.3. The van der Waals surface area contributed by atoms with Crippen LogP contribution in [0.2, 0.25) is 0 Å². The van der Waals surface area contributed by atoms with Crippen LogP contribution in [0.1, 0.15) is 46.5 Å². The molecule has 0 aromatic carbocycles. The van der Waals surface area contributed by atoms with E-state index in [1.54, 1.807) is 0 Å². The minimum atomic E-state index is -4.12. The van der Waals surface area contributed by atoms with Crippen LogP contribution in [0.4, 0.5) is 13.2 Å². The van der Waals surface area contributed by atoms with Gasteiger partial charge in [0.1, 0.15) is 0 Å². The van der Waals surface area contributed by atoms with Gasteiger partial charge in [-0.3, -0.25) is 9.89 Å². The summed E-state index contributed by atoms with van der Waals surface area (Å²) in [6.45, 7) is 7.08. The molecule has 0 amide bonds. The molecule has 1 saturated heterocycles. The van der Waals surface area contributed by atoms with Crippen LogP contribution in [0, 0.1) is 11.8 Å². The summed E-state index contributed by atoms with van der Waals surface area (Å²) >= 11 is 0. The first-order valence-corrected chi connectivity index (χ1v) is 8.51. The van der Waals surface area contributed by atoms with E-state index < -0.39 is 12.7 Å². The minimum Gasteiger partial charge on any atom is -0.370 e. The third kappa shape index (κ3) is 11.3. The molecule has 1 aliphatic heterocycles. The highest BCUT2D eigenvalue weighted by Gasteiger charge is 2.34. The average molecular weight is 464 g/mol. The summed E-state index contributed by atoms with van der Waals surface area (Å²) in [6.07, 6.45) is 0.00642. The van der Waals surface area contributed by atoms with E-state index in [0.29, 0.717) is 31.5 Å². The van der Waals surface area contributed by atoms with Crippen molar-refractivity contribution >= 4 is 29.9 Å². The zero-order chi connectivity index (χ0) is 17.5. The highest BCUT2D eigenvalue weighted by molar-refractivity contribution is 14.0. The Bertz CT molecular complexity index is 375. The molecule has 3 N–H and O–H groups in total. The number of nitrogens with one attached hydrogen (secondary N) is 1. The van der Waals surface area contributed by atoms with E-state index in [1.165, 1.54) is 11.3 Å². The topological polar surface area (TPSA) is 53.6 Å². The highest BCUT2D eigenvalue weighted by Crippen LogP contribution is 2.22. The Morgan fingerprint density at radius 3 is 2.54 bits per heavy atom. The molecule has 0 spiro atoms. The molecule has 2 atom stereocenters. The van der Waals surface area contributed by atoms with E-state index in [2.05, 4.69) is 31.1 Å². The lowest BCUT2D eigenvalue weighted by molar-refractivity contribution is -0.143. The van der Waals surface area contributed by atoms with Crippen molar-refractivity contribution in [1.82, 2.24) is 10.2 Å². The number of aliphatic imine (C=N–C) groups is 1. The second-order valence-corrected chi connectivity index (χ2v) is 7.10. The summed E-state index contributed by atoms with van der Waals surface area (Å²) in [5.74, 6) is 1.26. The van der Waals surface area contributed by atoms with Gasteiger partial charge < -0.3 is 11.1 Å². The molecule has 4 nitrogen and oxygen atoms in total. The molecule has 0 aliphatic carbocycles. The van der Waals surface area contributed by atoms with Gasteiger partial charge in [0.25, 0.3) is 0 Å². The maximum atomic E-state index is 12.3. The molecular formula is C16H32F3IN4. The van der Waals surface area contributed by atoms with E-state index in [1.807, 2.05) is 0 Å². The molecule has 1 aliphatic rings. The van der Waals surface area contributed by atoms with Gasteiger partial charge in [-0.1, -0.05) is 26.7 Å². The van der Waals surface area contributed by atoms with Gasteiger partial charge in [-0.05, 0) is 38.1 Å². The lowest BCUT2D eigenvalue weighted by Crippen LogP contribution is -2.39. The Morgan fingerprint density at radius 2 is 1.96 bits per heavy atom. The summed E-state index contributed by atoms with van der Waals surface area (Å²) in [6, 6.07) is 0.266. The van der Waals surface area contributed by atoms with Crippen molar-refractivity contribution in [2.75, 3.05) is 26.2 Å². The number of rotatable bonds is 8. The maximum absolute atomic E-state index is 12.3. The van der Waals surface area contributed by atoms with Gasteiger partial charge in [0.05, 0.1) is 6.54 Å². The van der Waals surface area contributed by atoms with Gasteiger partial charge in [-0.25, -0.2) is 0 Å². The first kappa shape index (κ1) is 23.8. The van der Waals surface area contributed by atoms with Gasteiger partial charge in [-0.2, -0.15) is 13.2 Å². The van der Waals surface area contributed by atoms with E-state index in [4.69, 9.17) is 5.73 Å². The van der Waals surface area contributed by atoms with Crippen molar-refractivity contribution in [1.29, 1.82) is 0 Å². The smallest absolute Gasteiger partial charge is 0.370 e. The Hall–Kier alpha value is -0.250. The predicted molar refractivity (Wildman–Crippen MR) is 104 cm³/mol. The molecular weight excluding hydrogens is 432 g/mol. The first-order valence-electron chi connectivity index (χ1n) is 8.51. The van der Waals surface area contributed by atoms with E-state index >= 15 is 0 Å². The molecule has 0 aromatic rings. The van der Waals surface area contributed by atoms with Crippen LogP contribution in [0.3, 0.4) is 0 Å². The molecule has 1 rings (SSSR count). The van der Waals surface area contributed by atoms with Crippen molar-refractivity contribution in [2.45, 2.75) is 58.7 Å². The first-order chi connectivity index (χ1) is 10.7. The van der Waals surface area contributed by atoms with Crippen LogP contribution < -0.4 is 11.1 Å². The van der Waals surface area contributed by atoms with Gasteiger partial charge >= 0.3 is 6.18 Å². The van der Waals surface area contributed by atoms with Crippen LogP contribution in [-0.2, 0) is 0 Å². The third-order valence-electron chi connectivity index (χ3n) is 4.11. The Balaban J connectivity index is 0.00000529. The van der Waals surface area contributed by atoms with Crippen LogP contribution in [0.15, 0.2) is 4.99 Å². The maximum Gasteiger partial charge on any atom is 0.401 e. The van der Waals surface area contributed by atoms with Crippen LogP contribution in [0.25, 0.3) is 0 Å². The van der Waals surface area contributed by atoms with Crippen molar-refractivity contribution in [2.24, 2.45) is 22.6 Å². The Morgan fingerprint density at radius 1 is 1.29 bits per heavy atom. The minimum absolute atomic E-state index is 0. The molecule has 144 valence electrons. The summed E-state index contributed by atoms with van der Waals surface area (Å²) in [7, 11) is 0. The number of hydrogen-bond acceptors (Lipinski definition) is 2. The SMILES string of the molecule is CC(C)CCCC(C)NC(N)=NCC1CCN(CC(F)(F)F)C1.I. The lowest BCUT2D eigenvalue weighted by Gasteiger charge is -2.18. The number of nitrogens with two attached hydrogens (primary N) is 1. The van der Waals surface area contributed by atoms with Gasteiger partial charge in [-0.15, -0.1) is 24.0 Å². The van der Waals surface area contributed by atoms with Gasteiger partial charge in [0.15, 0.2) is 5.96 Å². The number of alkyl halides is 3. The fourth-order valence-corrected chi connectivity index (χ4v) is 2.89. The zero-order valence-corrected chi connectivity index (χ0v) is 17.2. The van der Waals surface area contributed by atoms with E-state index in [-0.39, 0.29) is 35.9 Å². The molecule has 0 bridgehead atoms. The second kappa shape index (κ2) is 11.4. The standard InChI is InChI=1S/C16H31F3N4.HI/c1-12(2)5-4-6-13(3)22-15(20)21-9-14-7-8-23(10-14)11-16(17,18)19;/h12-14H,4-11H2,1-3H3,(H3,20,21,22);1H. The van der Waals surface area contributed by atoms with Crippen LogP contribution in [0.5, 0.6) is 0 Å². The molecule has 1 fully saturated rings. The predicted octanol–water partition coefficient (Wildman–Crippen LogP) is 3.61. The van der Waals surface area contributed by atoms with E-state index in [0.717, 1.165) is 19.3 Å².